The highest BCUT2D eigenvalue weighted by Crippen LogP contribution is 2.29. The zero-order chi connectivity index (χ0) is 24.0. The molecule has 0 bridgehead atoms. The molecule has 0 saturated heterocycles. The lowest BCUT2D eigenvalue weighted by atomic mass is 10.1. The number of benzene rings is 2. The van der Waals surface area contributed by atoms with Gasteiger partial charge in [0.05, 0.1) is 12.3 Å². The van der Waals surface area contributed by atoms with E-state index in [-0.39, 0.29) is 16.2 Å². The highest BCUT2D eigenvalue weighted by molar-refractivity contribution is 7.93. The summed E-state index contributed by atoms with van der Waals surface area (Å²) in [4.78, 5) is 12.9. The number of sulfonamides is 1. The Morgan fingerprint density at radius 2 is 1.91 bits per heavy atom. The van der Waals surface area contributed by atoms with Crippen molar-refractivity contribution in [1.29, 1.82) is 0 Å². The molecule has 2 aromatic carbocycles. The number of anilines is 2. The second-order valence-electron chi connectivity index (χ2n) is 7.06. The predicted octanol–water partition coefficient (Wildman–Crippen LogP) is 3.73. The van der Waals surface area contributed by atoms with Crippen LogP contribution in [0.15, 0.2) is 64.9 Å². The first-order valence-corrected chi connectivity index (χ1v) is 12.5. The molecule has 0 aliphatic heterocycles. The van der Waals surface area contributed by atoms with Crippen molar-refractivity contribution in [3.8, 4) is 5.75 Å². The maximum absolute atomic E-state index is 13.3. The molecule has 1 aromatic heterocycles. The molecule has 0 aliphatic rings. The number of aliphatic hydroxyl groups is 1. The van der Waals surface area contributed by atoms with Crippen LogP contribution in [0.4, 0.5) is 11.4 Å². The minimum atomic E-state index is -3.98. The van der Waals surface area contributed by atoms with E-state index < -0.39 is 22.2 Å². The molecule has 8 nitrogen and oxygen atoms in total. The fraction of sp³-hybridized carbons (Fsp3) is 0.261. The van der Waals surface area contributed by atoms with Gasteiger partial charge in [0.25, 0.3) is 15.9 Å². The summed E-state index contributed by atoms with van der Waals surface area (Å²) < 4.78 is 37.9. The Kier molecular flexibility index (Phi) is 8.09. The molecule has 176 valence electrons. The van der Waals surface area contributed by atoms with E-state index in [0.717, 1.165) is 21.2 Å². The normalized spacial score (nSPS) is 12.2. The standard InChI is InChI=1S/C23H26N2O6S2/c1-4-31-19-10-8-18(9-11-19)25(2)33(28,29)20-12-13-32-22(20)23(27)24-17-7-5-6-16(14-17)15-21(26)30-3/h5-14,21,26H,4,15H2,1-3H3,(H,24,27). The van der Waals surface area contributed by atoms with Crippen molar-refractivity contribution < 1.29 is 27.8 Å². The van der Waals surface area contributed by atoms with E-state index in [0.29, 0.717) is 23.7 Å². The number of methoxy groups -OCH3 is 1. The number of carbonyl (C=O) groups excluding carboxylic acids is 1. The highest BCUT2D eigenvalue weighted by atomic mass is 32.2. The van der Waals surface area contributed by atoms with E-state index in [4.69, 9.17) is 9.47 Å². The van der Waals surface area contributed by atoms with Gasteiger partial charge < -0.3 is 19.9 Å². The molecule has 3 rings (SSSR count). The predicted molar refractivity (Wildman–Crippen MR) is 129 cm³/mol. The van der Waals surface area contributed by atoms with Crippen LogP contribution in [0.2, 0.25) is 0 Å². The monoisotopic (exact) mass is 490 g/mol. The minimum Gasteiger partial charge on any atom is -0.494 e. The average molecular weight is 491 g/mol. The first-order chi connectivity index (χ1) is 15.8. The van der Waals surface area contributed by atoms with Crippen LogP contribution in [0.3, 0.4) is 0 Å². The largest absolute Gasteiger partial charge is 0.494 e. The van der Waals surface area contributed by atoms with E-state index in [1.165, 1.54) is 20.2 Å². The number of nitrogens with zero attached hydrogens (tertiary/aromatic N) is 1. The molecule has 0 saturated carbocycles. The van der Waals surface area contributed by atoms with Gasteiger partial charge in [0.2, 0.25) is 0 Å². The molecule has 1 unspecified atom stereocenters. The van der Waals surface area contributed by atoms with Gasteiger partial charge in [-0.25, -0.2) is 8.42 Å². The Labute approximate surface area is 197 Å². The fourth-order valence-electron chi connectivity index (χ4n) is 3.12. The fourth-order valence-corrected chi connectivity index (χ4v) is 5.61. The van der Waals surface area contributed by atoms with Gasteiger partial charge in [-0.3, -0.25) is 9.10 Å². The lowest BCUT2D eigenvalue weighted by Crippen LogP contribution is -2.28. The van der Waals surface area contributed by atoms with Crippen LogP contribution in [-0.2, 0) is 21.2 Å². The second kappa shape index (κ2) is 10.8. The second-order valence-corrected chi connectivity index (χ2v) is 9.92. The smallest absolute Gasteiger partial charge is 0.267 e. The maximum Gasteiger partial charge on any atom is 0.267 e. The molecule has 33 heavy (non-hydrogen) atoms. The molecule has 1 heterocycles. The summed E-state index contributed by atoms with van der Waals surface area (Å²) in [6, 6.07) is 15.0. The van der Waals surface area contributed by atoms with Crippen LogP contribution >= 0.6 is 11.3 Å². The van der Waals surface area contributed by atoms with E-state index in [2.05, 4.69) is 5.32 Å². The third-order valence-electron chi connectivity index (χ3n) is 4.85. The van der Waals surface area contributed by atoms with Crippen LogP contribution in [0.25, 0.3) is 0 Å². The van der Waals surface area contributed by atoms with Crippen LogP contribution in [0.1, 0.15) is 22.2 Å². The average Bonchev–Trinajstić information content (AvgIpc) is 3.31. The third-order valence-corrected chi connectivity index (χ3v) is 7.72. The van der Waals surface area contributed by atoms with Crippen molar-refractivity contribution in [2.45, 2.75) is 24.5 Å². The number of nitrogens with one attached hydrogen (secondary N) is 1. The van der Waals surface area contributed by atoms with E-state index in [1.54, 1.807) is 53.9 Å². The lowest BCUT2D eigenvalue weighted by molar-refractivity contribution is -0.0720. The van der Waals surface area contributed by atoms with Crippen molar-refractivity contribution in [1.82, 2.24) is 0 Å². The number of carbonyl (C=O) groups is 1. The van der Waals surface area contributed by atoms with E-state index in [9.17, 15) is 18.3 Å². The summed E-state index contributed by atoms with van der Waals surface area (Å²) in [7, 11) is -1.14. The number of ether oxygens (including phenoxy) is 2. The number of amides is 1. The van der Waals surface area contributed by atoms with Gasteiger partial charge in [-0.1, -0.05) is 12.1 Å². The lowest BCUT2D eigenvalue weighted by Gasteiger charge is -2.20. The van der Waals surface area contributed by atoms with Gasteiger partial charge in [-0.15, -0.1) is 11.3 Å². The van der Waals surface area contributed by atoms with Crippen molar-refractivity contribution in [2.24, 2.45) is 0 Å². The van der Waals surface area contributed by atoms with E-state index >= 15 is 0 Å². The Hall–Kier alpha value is -2.92. The molecule has 3 aromatic rings. The van der Waals surface area contributed by atoms with Crippen LogP contribution in [0, 0.1) is 0 Å². The molecule has 0 fully saturated rings. The number of aliphatic hydroxyl groups excluding tert-OH is 1. The number of hydrogen-bond acceptors (Lipinski definition) is 7. The Balaban J connectivity index is 1.80. The first-order valence-electron chi connectivity index (χ1n) is 10.2. The van der Waals surface area contributed by atoms with E-state index in [1.807, 2.05) is 6.92 Å². The minimum absolute atomic E-state index is 0.0765. The topological polar surface area (TPSA) is 105 Å². The van der Waals surface area contributed by atoms with Crippen molar-refractivity contribution in [2.75, 3.05) is 30.4 Å². The zero-order valence-electron chi connectivity index (χ0n) is 18.5. The third kappa shape index (κ3) is 5.91. The quantitative estimate of drug-likeness (QED) is 0.420. The van der Waals surface area contributed by atoms with Crippen molar-refractivity contribution >= 4 is 38.6 Å². The zero-order valence-corrected chi connectivity index (χ0v) is 20.2. The molecular weight excluding hydrogens is 464 g/mol. The molecule has 1 atom stereocenters. The molecule has 10 heteroatoms. The van der Waals surface area contributed by atoms with Gasteiger partial charge in [-0.05, 0) is 60.3 Å². The molecule has 0 radical (unpaired) electrons. The van der Waals surface area contributed by atoms with Gasteiger partial charge in [0.15, 0.2) is 6.29 Å². The summed E-state index contributed by atoms with van der Waals surface area (Å²) in [5.74, 6) is 0.107. The molecule has 0 aliphatic carbocycles. The van der Waals surface area contributed by atoms with Gasteiger partial charge in [0, 0.05) is 26.3 Å². The van der Waals surface area contributed by atoms with Crippen LogP contribution in [-0.4, -0.2) is 46.5 Å². The highest BCUT2D eigenvalue weighted by Gasteiger charge is 2.28. The molecule has 2 N–H and O–H groups in total. The Morgan fingerprint density at radius 1 is 1.18 bits per heavy atom. The Morgan fingerprint density at radius 3 is 2.58 bits per heavy atom. The summed E-state index contributed by atoms with van der Waals surface area (Å²) in [6.07, 6.45) is -0.700. The Bertz CT molecular complexity index is 1190. The maximum atomic E-state index is 13.3. The van der Waals surface area contributed by atoms with Gasteiger partial charge in [-0.2, -0.15) is 0 Å². The number of hydrogen-bond donors (Lipinski definition) is 2. The van der Waals surface area contributed by atoms with Crippen LogP contribution < -0.4 is 14.4 Å². The summed E-state index contributed by atoms with van der Waals surface area (Å²) >= 11 is 1.05. The van der Waals surface area contributed by atoms with Gasteiger partial charge >= 0.3 is 0 Å². The number of rotatable bonds is 10. The SMILES string of the molecule is CCOc1ccc(N(C)S(=O)(=O)c2ccsc2C(=O)Nc2cccc(CC(O)OC)c2)cc1. The first kappa shape index (κ1) is 24.7. The molecular formula is C23H26N2O6S2. The van der Waals surface area contributed by atoms with Gasteiger partial charge in [0.1, 0.15) is 15.5 Å². The summed E-state index contributed by atoms with van der Waals surface area (Å²) in [5.41, 5.74) is 1.69. The van der Waals surface area contributed by atoms with Crippen molar-refractivity contribution in [3.63, 3.8) is 0 Å². The summed E-state index contributed by atoms with van der Waals surface area (Å²) in [5, 5.41) is 14.0. The summed E-state index contributed by atoms with van der Waals surface area (Å²) in [6.45, 7) is 2.38. The number of thiophene rings is 1. The van der Waals surface area contributed by atoms with Crippen LogP contribution in [0.5, 0.6) is 5.75 Å². The van der Waals surface area contributed by atoms with Crippen molar-refractivity contribution in [3.05, 3.63) is 70.4 Å². The molecule has 0 spiro atoms. The molecule has 1 amide bonds.